The maximum absolute atomic E-state index is 11.8. The number of rotatable bonds is 7. The molecule has 0 radical (unpaired) electrons. The minimum Gasteiger partial charge on any atom is -0.480 e. The molecule has 0 fully saturated rings. The van der Waals surface area contributed by atoms with Crippen molar-refractivity contribution >= 4 is 34.7 Å². The van der Waals surface area contributed by atoms with Crippen molar-refractivity contribution < 1.29 is 42.6 Å². The number of thioether (sulfide) groups is 1. The maximum atomic E-state index is 11.8. The number of amides is 1. The van der Waals surface area contributed by atoms with E-state index in [1.54, 1.807) is 30.3 Å². The third-order valence-electron chi connectivity index (χ3n) is 2.64. The van der Waals surface area contributed by atoms with Crippen LogP contribution in [0.4, 0.5) is 13.2 Å². The molecule has 0 aliphatic rings. The Morgan fingerprint density at radius 3 is 2.04 bits per heavy atom. The molecule has 0 bridgehead atoms. The predicted molar refractivity (Wildman–Crippen MR) is 90.2 cm³/mol. The van der Waals surface area contributed by atoms with Gasteiger partial charge < -0.3 is 21.3 Å². The minimum absolute atomic E-state index is 0.0284. The van der Waals surface area contributed by atoms with Gasteiger partial charge in [0.25, 0.3) is 0 Å². The normalized spacial score (nSPS) is 11.6. The van der Waals surface area contributed by atoms with Crippen molar-refractivity contribution in [1.29, 1.82) is 0 Å². The summed E-state index contributed by atoms with van der Waals surface area (Å²) < 4.78 is 31.7. The van der Waals surface area contributed by atoms with Crippen LogP contribution < -0.4 is 11.1 Å². The Hall–Kier alpha value is -2.60. The van der Waals surface area contributed by atoms with E-state index in [1.807, 2.05) is 0 Å². The number of carboxylic acids is 2. The monoisotopic (exact) mass is 410 g/mol. The van der Waals surface area contributed by atoms with Crippen molar-refractivity contribution in [2.45, 2.75) is 18.6 Å². The summed E-state index contributed by atoms with van der Waals surface area (Å²) in [7, 11) is 0. The lowest BCUT2D eigenvalue weighted by molar-refractivity contribution is -0.192. The summed E-state index contributed by atoms with van der Waals surface area (Å²) in [4.78, 5) is 43.1. The Morgan fingerprint density at radius 1 is 1.11 bits per heavy atom. The van der Waals surface area contributed by atoms with Crippen LogP contribution in [-0.4, -0.2) is 57.7 Å². The molecule has 0 aliphatic heterocycles. The number of nitrogens with one attached hydrogen (secondary N) is 1. The average Bonchev–Trinajstić information content (AvgIpc) is 2.58. The molecule has 1 amide bonds. The van der Waals surface area contributed by atoms with Gasteiger partial charge in [-0.25, -0.2) is 9.59 Å². The van der Waals surface area contributed by atoms with E-state index >= 15 is 0 Å². The molecule has 0 saturated carbocycles. The van der Waals surface area contributed by atoms with Gasteiger partial charge in [0.2, 0.25) is 11.0 Å². The van der Waals surface area contributed by atoms with Crippen LogP contribution in [0.15, 0.2) is 30.3 Å². The molecule has 0 aromatic heterocycles. The van der Waals surface area contributed by atoms with Crippen LogP contribution in [0.3, 0.4) is 0 Å². The molecule has 1 unspecified atom stereocenters. The van der Waals surface area contributed by atoms with Crippen LogP contribution in [-0.2, 0) is 14.4 Å². The molecule has 5 N–H and O–H groups in total. The standard InChI is InChI=1S/C13H16N2O4S.C2HF3O2/c14-7-6-11(16)15-10(12(17)18)8-20-13(19)9-4-2-1-3-5-9;3-2(4,5)1(6)7/h1-5,10H,6-8,14H2,(H,15,16)(H,17,18);(H,6,7). The number of aliphatic carboxylic acids is 2. The fourth-order valence-corrected chi connectivity index (χ4v) is 2.24. The van der Waals surface area contributed by atoms with Crippen molar-refractivity contribution in [2.75, 3.05) is 12.3 Å². The highest BCUT2D eigenvalue weighted by Crippen LogP contribution is 2.14. The van der Waals surface area contributed by atoms with Gasteiger partial charge >= 0.3 is 18.1 Å². The topological polar surface area (TPSA) is 147 Å². The lowest BCUT2D eigenvalue weighted by Gasteiger charge is -2.13. The van der Waals surface area contributed by atoms with Gasteiger partial charge in [-0.3, -0.25) is 9.59 Å². The van der Waals surface area contributed by atoms with E-state index in [0.29, 0.717) is 5.56 Å². The van der Waals surface area contributed by atoms with Crippen LogP contribution in [0.5, 0.6) is 0 Å². The van der Waals surface area contributed by atoms with Crippen LogP contribution in [0, 0.1) is 0 Å². The largest absolute Gasteiger partial charge is 0.490 e. The second kappa shape index (κ2) is 11.9. The molecule has 12 heteroatoms. The quantitative estimate of drug-likeness (QED) is 0.523. The van der Waals surface area contributed by atoms with Gasteiger partial charge in [-0.1, -0.05) is 42.1 Å². The third-order valence-corrected chi connectivity index (χ3v) is 3.64. The highest BCUT2D eigenvalue weighted by atomic mass is 32.2. The number of alkyl halides is 3. The first-order valence-corrected chi connectivity index (χ1v) is 8.22. The van der Waals surface area contributed by atoms with Crippen LogP contribution in [0.2, 0.25) is 0 Å². The third kappa shape index (κ3) is 10.9. The molecule has 1 rings (SSSR count). The van der Waals surface area contributed by atoms with Gasteiger partial charge in [-0.15, -0.1) is 0 Å². The number of carbonyl (C=O) groups excluding carboxylic acids is 2. The summed E-state index contributed by atoms with van der Waals surface area (Å²) >= 11 is 0.860. The number of carboxylic acid groups (broad SMARTS) is 2. The summed E-state index contributed by atoms with van der Waals surface area (Å²) in [6.45, 7) is 0.147. The van der Waals surface area contributed by atoms with Crippen molar-refractivity contribution in [1.82, 2.24) is 5.32 Å². The highest BCUT2D eigenvalue weighted by Gasteiger charge is 2.38. The van der Waals surface area contributed by atoms with E-state index in [1.165, 1.54) is 0 Å². The molecular weight excluding hydrogens is 393 g/mol. The van der Waals surface area contributed by atoms with E-state index in [9.17, 15) is 27.6 Å². The Balaban J connectivity index is 0.000000821. The first-order chi connectivity index (χ1) is 12.5. The Kier molecular flexibility index (Phi) is 10.8. The number of hydrogen-bond acceptors (Lipinski definition) is 6. The van der Waals surface area contributed by atoms with Gasteiger partial charge in [0.15, 0.2) is 0 Å². The van der Waals surface area contributed by atoms with Gasteiger partial charge in [-0.05, 0) is 0 Å². The van der Waals surface area contributed by atoms with Gasteiger partial charge in [0, 0.05) is 24.3 Å². The second-order valence-corrected chi connectivity index (χ2v) is 5.76. The minimum atomic E-state index is -5.08. The first-order valence-electron chi connectivity index (χ1n) is 7.23. The van der Waals surface area contributed by atoms with E-state index in [4.69, 9.17) is 20.7 Å². The SMILES string of the molecule is NCCC(=O)NC(CSC(=O)c1ccccc1)C(=O)O.O=C(O)C(F)(F)F. The molecule has 1 atom stereocenters. The molecule has 1 aromatic rings. The lowest BCUT2D eigenvalue weighted by Crippen LogP contribution is -2.43. The Bertz CT molecular complexity index is 655. The molecular formula is C15H17F3N2O6S. The highest BCUT2D eigenvalue weighted by molar-refractivity contribution is 8.14. The first kappa shape index (κ1) is 24.4. The van der Waals surface area contributed by atoms with Crippen molar-refractivity contribution in [3.05, 3.63) is 35.9 Å². The molecule has 27 heavy (non-hydrogen) atoms. The lowest BCUT2D eigenvalue weighted by atomic mass is 10.2. The smallest absolute Gasteiger partial charge is 0.480 e. The molecule has 0 aliphatic carbocycles. The van der Waals surface area contributed by atoms with Gasteiger partial charge in [0.1, 0.15) is 6.04 Å². The number of carbonyl (C=O) groups is 4. The zero-order valence-corrected chi connectivity index (χ0v) is 14.5. The summed E-state index contributed by atoms with van der Waals surface area (Å²) in [5.74, 6) is -4.40. The second-order valence-electron chi connectivity index (χ2n) is 4.76. The Labute approximate surface area is 155 Å². The molecule has 150 valence electrons. The molecule has 0 saturated heterocycles. The van der Waals surface area contributed by atoms with E-state index in [0.717, 1.165) is 11.8 Å². The van der Waals surface area contributed by atoms with E-state index in [-0.39, 0.29) is 23.8 Å². The molecule has 0 spiro atoms. The summed E-state index contributed by atoms with van der Waals surface area (Å²) in [6, 6.07) is 7.44. The van der Waals surface area contributed by atoms with Gasteiger partial charge in [-0.2, -0.15) is 13.2 Å². The van der Waals surface area contributed by atoms with Crippen molar-refractivity contribution in [2.24, 2.45) is 5.73 Å². The fourth-order valence-electron chi connectivity index (χ4n) is 1.39. The predicted octanol–water partition coefficient (Wildman–Crippen LogP) is 1.11. The molecule has 1 aromatic carbocycles. The van der Waals surface area contributed by atoms with Crippen LogP contribution >= 0.6 is 11.8 Å². The van der Waals surface area contributed by atoms with E-state index < -0.39 is 30.1 Å². The zero-order valence-electron chi connectivity index (χ0n) is 13.7. The van der Waals surface area contributed by atoms with Crippen LogP contribution in [0.25, 0.3) is 0 Å². The van der Waals surface area contributed by atoms with Crippen LogP contribution in [0.1, 0.15) is 16.8 Å². The van der Waals surface area contributed by atoms with Crippen molar-refractivity contribution in [3.63, 3.8) is 0 Å². The zero-order chi connectivity index (χ0) is 21.0. The van der Waals surface area contributed by atoms with E-state index in [2.05, 4.69) is 5.32 Å². The fraction of sp³-hybridized carbons (Fsp3) is 0.333. The summed E-state index contributed by atoms with van der Waals surface area (Å²) in [5.41, 5.74) is 5.71. The van der Waals surface area contributed by atoms with Gasteiger partial charge in [0.05, 0.1) is 0 Å². The summed E-state index contributed by atoms with van der Waals surface area (Å²) in [5, 5.41) is 18.2. The number of halogens is 3. The maximum Gasteiger partial charge on any atom is 0.490 e. The van der Waals surface area contributed by atoms with Crippen molar-refractivity contribution in [3.8, 4) is 0 Å². The number of nitrogens with two attached hydrogens (primary N) is 1. The molecule has 8 nitrogen and oxygen atoms in total. The molecule has 0 heterocycles. The summed E-state index contributed by atoms with van der Waals surface area (Å²) in [6.07, 6.45) is -5.03. The number of hydrogen-bond donors (Lipinski definition) is 4. The Morgan fingerprint density at radius 2 is 1.63 bits per heavy atom. The number of benzene rings is 1. The average molecular weight is 410 g/mol.